The number of aromatic nitrogens is 2. The lowest BCUT2D eigenvalue weighted by Gasteiger charge is -2.33. The lowest BCUT2D eigenvalue weighted by molar-refractivity contribution is 0.268. The van der Waals surface area contributed by atoms with Gasteiger partial charge in [-0.15, -0.1) is 0 Å². The summed E-state index contributed by atoms with van der Waals surface area (Å²) in [5.74, 6) is 0.796. The molecule has 4 rings (SSSR count). The molecule has 3 aromatic rings. The lowest BCUT2D eigenvalue weighted by atomic mass is 9.90. The van der Waals surface area contributed by atoms with Crippen LogP contribution in [0.15, 0.2) is 61.6 Å². The van der Waals surface area contributed by atoms with E-state index in [0.717, 1.165) is 63.2 Å². The second-order valence-electron chi connectivity index (χ2n) is 9.95. The SMILES string of the molecule is C=C(c1ccc(-c2cncc(-c3ccnc(C(C)(C)C)c3)c2)c(Cl)c1)N1CCC(C)CC1.CF. The topological polar surface area (TPSA) is 29.0 Å². The van der Waals surface area contributed by atoms with E-state index >= 15 is 0 Å². The van der Waals surface area contributed by atoms with Gasteiger partial charge in [-0.25, -0.2) is 0 Å². The Kier molecular flexibility index (Phi) is 8.48. The molecule has 0 N–H and O–H groups in total. The highest BCUT2D eigenvalue weighted by Crippen LogP contribution is 2.34. The van der Waals surface area contributed by atoms with Crippen molar-refractivity contribution in [3.05, 3.63) is 77.8 Å². The van der Waals surface area contributed by atoms with Gasteiger partial charge in [0.15, 0.2) is 0 Å². The number of hydrogen-bond donors (Lipinski definition) is 0. The quantitative estimate of drug-likeness (QED) is 0.379. The van der Waals surface area contributed by atoms with Crippen molar-refractivity contribution >= 4 is 17.3 Å². The van der Waals surface area contributed by atoms with Crippen molar-refractivity contribution in [2.24, 2.45) is 5.92 Å². The highest BCUT2D eigenvalue weighted by atomic mass is 35.5. The standard InChI is InChI=1S/C28H32ClN3.CH3F/c1-19-9-12-32(13-10-19)20(2)21-6-7-25(26(29)15-21)24-14-23(17-30-18-24)22-8-11-31-27(16-22)28(3,4)5;1-2/h6-8,11,14-19H,2,9-10,12-13H2,1,3-5H3;1H3. The predicted octanol–water partition coefficient (Wildman–Crippen LogP) is 8.05. The molecule has 0 saturated carbocycles. The summed E-state index contributed by atoms with van der Waals surface area (Å²) >= 11 is 6.76. The Morgan fingerprint density at radius 2 is 1.68 bits per heavy atom. The summed E-state index contributed by atoms with van der Waals surface area (Å²) in [6, 6.07) is 12.6. The Morgan fingerprint density at radius 3 is 2.32 bits per heavy atom. The molecule has 34 heavy (non-hydrogen) atoms. The summed E-state index contributed by atoms with van der Waals surface area (Å²) in [5, 5.41) is 0.720. The van der Waals surface area contributed by atoms with Crippen LogP contribution in [0.2, 0.25) is 5.02 Å². The first kappa shape index (κ1) is 25.9. The molecule has 2 aromatic heterocycles. The number of pyridine rings is 2. The Balaban J connectivity index is 0.00000158. The first-order chi connectivity index (χ1) is 16.2. The minimum Gasteiger partial charge on any atom is -0.372 e. The lowest BCUT2D eigenvalue weighted by Crippen LogP contribution is -2.31. The molecule has 1 aliphatic heterocycles. The van der Waals surface area contributed by atoms with Gasteiger partial charge in [-0.05, 0) is 54.2 Å². The number of rotatable bonds is 4. The molecule has 1 aromatic carbocycles. The van der Waals surface area contributed by atoms with E-state index in [9.17, 15) is 4.39 Å². The second kappa shape index (κ2) is 11.1. The molecule has 3 heterocycles. The molecule has 1 aliphatic rings. The fourth-order valence-corrected chi connectivity index (χ4v) is 4.44. The molecule has 3 nitrogen and oxygen atoms in total. The monoisotopic (exact) mass is 479 g/mol. The first-order valence-electron chi connectivity index (χ1n) is 11.8. The Labute approximate surface area is 208 Å². The van der Waals surface area contributed by atoms with Gasteiger partial charge in [-0.1, -0.05) is 58.0 Å². The smallest absolute Gasteiger partial charge is 0.0785 e. The zero-order valence-corrected chi connectivity index (χ0v) is 21.7. The molecule has 0 atom stereocenters. The van der Waals surface area contributed by atoms with Crippen molar-refractivity contribution in [2.75, 3.05) is 20.3 Å². The summed E-state index contributed by atoms with van der Waals surface area (Å²) in [6.07, 6.45) is 8.08. The fourth-order valence-electron chi connectivity index (χ4n) is 4.16. The molecule has 0 unspecified atom stereocenters. The van der Waals surface area contributed by atoms with Gasteiger partial charge in [0.25, 0.3) is 0 Å². The average molecular weight is 480 g/mol. The van der Waals surface area contributed by atoms with Crippen LogP contribution in [0.25, 0.3) is 28.0 Å². The van der Waals surface area contributed by atoms with E-state index in [2.05, 4.69) is 73.4 Å². The van der Waals surface area contributed by atoms with Crippen LogP contribution < -0.4 is 0 Å². The van der Waals surface area contributed by atoms with Gasteiger partial charge in [0.05, 0.1) is 7.18 Å². The minimum atomic E-state index is -0.00498. The highest BCUT2D eigenvalue weighted by Gasteiger charge is 2.19. The predicted molar refractivity (Wildman–Crippen MR) is 143 cm³/mol. The molecule has 0 amide bonds. The average Bonchev–Trinajstić information content (AvgIpc) is 2.85. The fraction of sp³-hybridized carbons (Fsp3) is 0.379. The van der Waals surface area contributed by atoms with Crippen LogP contribution in [0.4, 0.5) is 4.39 Å². The van der Waals surface area contributed by atoms with E-state index in [4.69, 9.17) is 11.6 Å². The molecule has 0 aliphatic carbocycles. The van der Waals surface area contributed by atoms with Crippen LogP contribution in [0.3, 0.4) is 0 Å². The maximum atomic E-state index is 9.50. The number of benzene rings is 1. The van der Waals surface area contributed by atoms with Gasteiger partial charge in [-0.3, -0.25) is 14.4 Å². The third-order valence-corrected chi connectivity index (χ3v) is 6.69. The Bertz CT molecular complexity index is 1130. The summed E-state index contributed by atoms with van der Waals surface area (Å²) in [5.41, 5.74) is 7.36. The molecule has 0 spiro atoms. The summed E-state index contributed by atoms with van der Waals surface area (Å²) in [4.78, 5) is 11.4. The number of piperidine rings is 1. The summed E-state index contributed by atoms with van der Waals surface area (Å²) < 4.78 is 9.50. The molecule has 1 fully saturated rings. The Hall–Kier alpha value is -2.72. The van der Waals surface area contributed by atoms with Crippen molar-refractivity contribution in [3.8, 4) is 22.3 Å². The van der Waals surface area contributed by atoms with Crippen LogP contribution in [0, 0.1) is 5.92 Å². The first-order valence-corrected chi connectivity index (χ1v) is 12.1. The molecule has 0 radical (unpaired) electrons. The molecule has 0 bridgehead atoms. The van der Waals surface area contributed by atoms with E-state index in [1.54, 1.807) is 0 Å². The summed E-state index contributed by atoms with van der Waals surface area (Å²) in [6.45, 7) is 15.3. The van der Waals surface area contributed by atoms with Crippen molar-refractivity contribution in [3.63, 3.8) is 0 Å². The number of halogens is 2. The van der Waals surface area contributed by atoms with Crippen LogP contribution in [0.5, 0.6) is 0 Å². The van der Waals surface area contributed by atoms with Crippen molar-refractivity contribution in [2.45, 2.75) is 46.0 Å². The summed E-state index contributed by atoms with van der Waals surface area (Å²) in [7, 11) is 0.500. The van der Waals surface area contributed by atoms with Gasteiger partial charge in [0.1, 0.15) is 0 Å². The number of hydrogen-bond acceptors (Lipinski definition) is 3. The number of likely N-dealkylation sites (tertiary alicyclic amines) is 1. The highest BCUT2D eigenvalue weighted by molar-refractivity contribution is 6.33. The van der Waals surface area contributed by atoms with E-state index in [0.29, 0.717) is 7.18 Å². The van der Waals surface area contributed by atoms with Crippen LogP contribution in [-0.2, 0) is 5.41 Å². The van der Waals surface area contributed by atoms with Crippen LogP contribution in [-0.4, -0.2) is 35.1 Å². The molecule has 5 heteroatoms. The van der Waals surface area contributed by atoms with Gasteiger partial charge < -0.3 is 4.90 Å². The van der Waals surface area contributed by atoms with Gasteiger partial charge in [0.2, 0.25) is 0 Å². The number of alkyl halides is 1. The second-order valence-corrected chi connectivity index (χ2v) is 10.4. The minimum absolute atomic E-state index is 0.00498. The zero-order chi connectivity index (χ0) is 24.9. The molecule has 180 valence electrons. The van der Waals surface area contributed by atoms with E-state index < -0.39 is 0 Å². The normalized spacial score (nSPS) is 14.4. The van der Waals surface area contributed by atoms with Crippen molar-refractivity contribution in [1.29, 1.82) is 0 Å². The van der Waals surface area contributed by atoms with Gasteiger partial charge in [-0.2, -0.15) is 0 Å². The van der Waals surface area contributed by atoms with Crippen molar-refractivity contribution < 1.29 is 4.39 Å². The molecular formula is C29H35ClFN3. The third kappa shape index (κ3) is 6.04. The third-order valence-electron chi connectivity index (χ3n) is 6.38. The zero-order valence-electron chi connectivity index (χ0n) is 20.9. The van der Waals surface area contributed by atoms with Crippen molar-refractivity contribution in [1.82, 2.24) is 14.9 Å². The molecule has 1 saturated heterocycles. The van der Waals surface area contributed by atoms with E-state index in [-0.39, 0.29) is 5.41 Å². The largest absolute Gasteiger partial charge is 0.372 e. The van der Waals surface area contributed by atoms with E-state index in [1.165, 1.54) is 12.8 Å². The van der Waals surface area contributed by atoms with Crippen LogP contribution >= 0.6 is 11.6 Å². The maximum absolute atomic E-state index is 9.50. The Morgan fingerprint density at radius 1 is 1.00 bits per heavy atom. The van der Waals surface area contributed by atoms with Gasteiger partial charge >= 0.3 is 0 Å². The molecular weight excluding hydrogens is 445 g/mol. The van der Waals surface area contributed by atoms with Gasteiger partial charge in [0, 0.05) is 70.2 Å². The maximum Gasteiger partial charge on any atom is 0.0785 e. The van der Waals surface area contributed by atoms with E-state index in [1.807, 2.05) is 30.7 Å². The number of nitrogens with zero attached hydrogens (tertiary/aromatic N) is 3. The van der Waals surface area contributed by atoms with Crippen LogP contribution in [0.1, 0.15) is 51.8 Å².